The predicted molar refractivity (Wildman–Crippen MR) is 65.5 cm³/mol. The Bertz CT molecular complexity index is 296. The Balaban J connectivity index is 1.90. The summed E-state index contributed by atoms with van der Waals surface area (Å²) in [5.74, 6) is 0.532. The van der Waals surface area contributed by atoms with Crippen LogP contribution in [0.15, 0.2) is 0 Å². The molecule has 0 spiro atoms. The molecule has 16 heavy (non-hydrogen) atoms. The van der Waals surface area contributed by atoms with E-state index in [9.17, 15) is 4.79 Å². The van der Waals surface area contributed by atoms with Gasteiger partial charge in [-0.2, -0.15) is 0 Å². The lowest BCUT2D eigenvalue weighted by Gasteiger charge is -2.41. The van der Waals surface area contributed by atoms with E-state index in [0.29, 0.717) is 18.6 Å². The molecule has 2 atom stereocenters. The molecule has 2 saturated heterocycles. The van der Waals surface area contributed by atoms with E-state index in [4.69, 9.17) is 17.0 Å². The summed E-state index contributed by atoms with van der Waals surface area (Å²) in [7, 11) is 0. The summed E-state index contributed by atoms with van der Waals surface area (Å²) in [6.07, 6.45) is 2.84. The molecule has 2 fully saturated rings. The van der Waals surface area contributed by atoms with Gasteiger partial charge < -0.3 is 15.0 Å². The number of ether oxygens (including phenoxy) is 1. The summed E-state index contributed by atoms with van der Waals surface area (Å²) in [6.45, 7) is 3.87. The van der Waals surface area contributed by atoms with Crippen molar-refractivity contribution in [3.05, 3.63) is 0 Å². The Labute approximate surface area is 101 Å². The third-order valence-corrected chi connectivity index (χ3v) is 3.67. The minimum atomic E-state index is -0.172. The minimum Gasteiger partial charge on any atom is -0.450 e. The number of hydrogen-bond acceptors (Lipinski definition) is 3. The number of nitrogens with one attached hydrogen (secondary N) is 1. The molecule has 0 aliphatic carbocycles. The van der Waals surface area contributed by atoms with Crippen molar-refractivity contribution < 1.29 is 9.53 Å². The summed E-state index contributed by atoms with van der Waals surface area (Å²) in [5, 5.41) is 3.36. The van der Waals surface area contributed by atoms with Crippen LogP contribution in [0.4, 0.5) is 4.79 Å². The SMILES string of the molecule is CCOC(=O)N1CC[C@H]2NC(=S)CC[C@@H]2C1. The first-order valence-corrected chi connectivity index (χ1v) is 6.32. The predicted octanol–water partition coefficient (Wildman–Crippen LogP) is 1.54. The van der Waals surface area contributed by atoms with E-state index in [1.165, 1.54) is 0 Å². The van der Waals surface area contributed by atoms with Crippen LogP contribution in [0.1, 0.15) is 26.2 Å². The molecule has 2 heterocycles. The van der Waals surface area contributed by atoms with E-state index in [-0.39, 0.29) is 6.09 Å². The molecule has 0 unspecified atom stereocenters. The second-order valence-corrected chi connectivity index (χ2v) is 4.90. The summed E-state index contributed by atoms with van der Waals surface area (Å²) < 4.78 is 5.02. The van der Waals surface area contributed by atoms with Gasteiger partial charge in [0, 0.05) is 19.1 Å². The average molecular weight is 242 g/mol. The zero-order chi connectivity index (χ0) is 11.5. The molecule has 0 aromatic rings. The lowest BCUT2D eigenvalue weighted by Crippen LogP contribution is -2.54. The number of fused-ring (bicyclic) bond motifs is 1. The maximum Gasteiger partial charge on any atom is 0.409 e. The van der Waals surface area contributed by atoms with E-state index >= 15 is 0 Å². The van der Waals surface area contributed by atoms with Crippen LogP contribution in [0, 0.1) is 5.92 Å². The van der Waals surface area contributed by atoms with Crippen molar-refractivity contribution in [2.45, 2.75) is 32.2 Å². The van der Waals surface area contributed by atoms with Gasteiger partial charge in [0.2, 0.25) is 0 Å². The summed E-state index contributed by atoms with van der Waals surface area (Å²) in [4.78, 5) is 14.4. The maximum atomic E-state index is 11.6. The number of hydrogen-bond donors (Lipinski definition) is 1. The third-order valence-electron chi connectivity index (χ3n) is 3.35. The smallest absolute Gasteiger partial charge is 0.409 e. The molecule has 0 aromatic carbocycles. The van der Waals surface area contributed by atoms with Gasteiger partial charge in [0.05, 0.1) is 11.6 Å². The number of piperidine rings is 2. The number of nitrogens with zero attached hydrogens (tertiary/aromatic N) is 1. The lowest BCUT2D eigenvalue weighted by molar-refractivity contribution is 0.0782. The molecule has 2 aliphatic heterocycles. The Hall–Kier alpha value is -0.840. The zero-order valence-corrected chi connectivity index (χ0v) is 10.4. The van der Waals surface area contributed by atoms with E-state index in [0.717, 1.165) is 37.3 Å². The van der Waals surface area contributed by atoms with Crippen molar-refractivity contribution in [2.75, 3.05) is 19.7 Å². The average Bonchev–Trinajstić information content (AvgIpc) is 2.28. The van der Waals surface area contributed by atoms with Crippen molar-refractivity contribution >= 4 is 23.3 Å². The zero-order valence-electron chi connectivity index (χ0n) is 9.57. The number of rotatable bonds is 1. The van der Waals surface area contributed by atoms with E-state index in [1.807, 2.05) is 11.8 Å². The van der Waals surface area contributed by atoms with Crippen LogP contribution >= 0.6 is 12.2 Å². The number of amides is 1. The Morgan fingerprint density at radius 2 is 2.44 bits per heavy atom. The standard InChI is InChI=1S/C11H18N2O2S/c1-2-15-11(14)13-6-5-9-8(7-13)3-4-10(16)12-9/h8-9H,2-7H2,1H3,(H,12,16)/t8-,9-/m1/s1. The number of thiocarbonyl (C=S) groups is 1. The monoisotopic (exact) mass is 242 g/mol. The highest BCUT2D eigenvalue weighted by atomic mass is 32.1. The molecule has 5 heteroatoms. The molecular weight excluding hydrogens is 224 g/mol. The van der Waals surface area contributed by atoms with Gasteiger partial charge in [-0.05, 0) is 32.1 Å². The molecule has 90 valence electrons. The Morgan fingerprint density at radius 1 is 1.62 bits per heavy atom. The fourth-order valence-electron chi connectivity index (χ4n) is 2.49. The highest BCUT2D eigenvalue weighted by Gasteiger charge is 2.34. The molecule has 2 aliphatic rings. The number of carbonyl (C=O) groups is 1. The number of carbonyl (C=O) groups excluding carboxylic acids is 1. The van der Waals surface area contributed by atoms with Crippen LogP contribution in [0.5, 0.6) is 0 Å². The fourth-order valence-corrected chi connectivity index (χ4v) is 2.76. The van der Waals surface area contributed by atoms with Crippen molar-refractivity contribution in [1.29, 1.82) is 0 Å². The third kappa shape index (κ3) is 2.45. The number of likely N-dealkylation sites (tertiary alicyclic amines) is 1. The van der Waals surface area contributed by atoms with Crippen LogP contribution in [0.2, 0.25) is 0 Å². The first kappa shape index (κ1) is 11.6. The molecule has 0 bridgehead atoms. The van der Waals surface area contributed by atoms with Crippen molar-refractivity contribution in [3.63, 3.8) is 0 Å². The quantitative estimate of drug-likeness (QED) is 0.708. The maximum absolute atomic E-state index is 11.6. The van der Waals surface area contributed by atoms with Crippen molar-refractivity contribution in [1.82, 2.24) is 10.2 Å². The molecule has 0 aromatic heterocycles. The minimum absolute atomic E-state index is 0.172. The lowest BCUT2D eigenvalue weighted by atomic mass is 9.85. The second kappa shape index (κ2) is 4.99. The normalized spacial score (nSPS) is 29.3. The first-order chi connectivity index (χ1) is 7.70. The second-order valence-electron chi connectivity index (χ2n) is 4.41. The summed E-state index contributed by atoms with van der Waals surface area (Å²) >= 11 is 5.18. The highest BCUT2D eigenvalue weighted by Crippen LogP contribution is 2.25. The van der Waals surface area contributed by atoms with Gasteiger partial charge in [0.1, 0.15) is 0 Å². The van der Waals surface area contributed by atoms with Crippen molar-refractivity contribution in [3.8, 4) is 0 Å². The van der Waals surface area contributed by atoms with Gasteiger partial charge in [-0.25, -0.2) is 4.79 Å². The topological polar surface area (TPSA) is 41.6 Å². The highest BCUT2D eigenvalue weighted by molar-refractivity contribution is 7.80. The molecule has 0 saturated carbocycles. The van der Waals surface area contributed by atoms with Gasteiger partial charge in [0.15, 0.2) is 0 Å². The van der Waals surface area contributed by atoms with Crippen LogP contribution in [0.25, 0.3) is 0 Å². The van der Waals surface area contributed by atoms with E-state index in [1.54, 1.807) is 0 Å². The Kier molecular flexibility index (Phi) is 3.63. The van der Waals surface area contributed by atoms with Gasteiger partial charge >= 0.3 is 6.09 Å². The van der Waals surface area contributed by atoms with Crippen LogP contribution in [0.3, 0.4) is 0 Å². The van der Waals surface area contributed by atoms with Gasteiger partial charge in [0.25, 0.3) is 0 Å². The van der Waals surface area contributed by atoms with Gasteiger partial charge in [-0.3, -0.25) is 0 Å². The molecule has 4 nitrogen and oxygen atoms in total. The van der Waals surface area contributed by atoms with E-state index < -0.39 is 0 Å². The van der Waals surface area contributed by atoms with Gasteiger partial charge in [-0.1, -0.05) is 12.2 Å². The van der Waals surface area contributed by atoms with Crippen LogP contribution < -0.4 is 5.32 Å². The molecule has 1 amide bonds. The molecule has 2 rings (SSSR count). The Morgan fingerprint density at radius 3 is 3.19 bits per heavy atom. The van der Waals surface area contributed by atoms with Crippen molar-refractivity contribution in [2.24, 2.45) is 5.92 Å². The summed E-state index contributed by atoms with van der Waals surface area (Å²) in [6, 6.07) is 0.465. The van der Waals surface area contributed by atoms with Crippen LogP contribution in [-0.4, -0.2) is 41.7 Å². The van der Waals surface area contributed by atoms with Gasteiger partial charge in [-0.15, -0.1) is 0 Å². The molecule has 1 N–H and O–H groups in total. The van der Waals surface area contributed by atoms with E-state index in [2.05, 4.69) is 5.32 Å². The molecule has 0 radical (unpaired) electrons. The largest absolute Gasteiger partial charge is 0.450 e. The fraction of sp³-hybridized carbons (Fsp3) is 0.818. The van der Waals surface area contributed by atoms with Crippen LogP contribution in [-0.2, 0) is 4.74 Å². The summed E-state index contributed by atoms with van der Waals surface area (Å²) in [5.41, 5.74) is 0. The first-order valence-electron chi connectivity index (χ1n) is 5.91. The molecular formula is C11H18N2O2S.